The Morgan fingerprint density at radius 2 is 1.97 bits per heavy atom. The number of aromatic nitrogens is 1. The summed E-state index contributed by atoms with van der Waals surface area (Å²) in [6.45, 7) is 0.430. The van der Waals surface area contributed by atoms with Gasteiger partial charge in [0.05, 0.1) is 5.56 Å². The largest absolute Gasteiger partial charge is 0.416 e. The fourth-order valence-corrected chi connectivity index (χ4v) is 4.92. The van der Waals surface area contributed by atoms with Crippen LogP contribution in [0.25, 0.3) is 0 Å². The van der Waals surface area contributed by atoms with Crippen molar-refractivity contribution in [1.82, 2.24) is 4.98 Å². The summed E-state index contributed by atoms with van der Waals surface area (Å²) in [4.78, 5) is 19.4. The number of benzene rings is 2. The average molecular weight is 459 g/mol. The van der Waals surface area contributed by atoms with Gasteiger partial charge in [-0.25, -0.2) is 4.98 Å². The Bertz CT molecular complexity index is 1170. The highest BCUT2D eigenvalue weighted by molar-refractivity contribution is 7.99. The van der Waals surface area contributed by atoms with Gasteiger partial charge in [-0.3, -0.25) is 4.79 Å². The molecular formula is C23H20F3N3O2S. The number of primary amides is 1. The Morgan fingerprint density at radius 1 is 1.19 bits per heavy atom. The smallest absolute Gasteiger partial charge is 0.396 e. The van der Waals surface area contributed by atoms with Gasteiger partial charge in [0.15, 0.2) is 0 Å². The van der Waals surface area contributed by atoms with Crippen molar-refractivity contribution in [3.05, 3.63) is 77.0 Å². The number of aliphatic hydroxyl groups excluding tert-OH is 1. The zero-order valence-electron chi connectivity index (χ0n) is 16.9. The van der Waals surface area contributed by atoms with E-state index in [1.165, 1.54) is 17.8 Å². The van der Waals surface area contributed by atoms with Crippen LogP contribution in [-0.2, 0) is 19.0 Å². The monoisotopic (exact) mass is 459 g/mol. The molecule has 0 fully saturated rings. The molecule has 0 aliphatic carbocycles. The molecule has 1 aromatic heterocycles. The molecule has 1 aliphatic rings. The Hall–Kier alpha value is -3.04. The molecule has 1 aliphatic heterocycles. The second-order valence-corrected chi connectivity index (χ2v) is 8.40. The molecule has 2 aromatic carbocycles. The number of alkyl halides is 3. The quantitative estimate of drug-likeness (QED) is 0.564. The second kappa shape index (κ2) is 8.84. The highest BCUT2D eigenvalue weighted by Crippen LogP contribution is 2.41. The number of aliphatic hydroxyl groups is 1. The number of halogens is 3. The van der Waals surface area contributed by atoms with Crippen molar-refractivity contribution in [2.45, 2.75) is 28.8 Å². The van der Waals surface area contributed by atoms with Crippen LogP contribution in [0, 0.1) is 0 Å². The predicted molar refractivity (Wildman–Crippen MR) is 116 cm³/mol. The van der Waals surface area contributed by atoms with Crippen LogP contribution < -0.4 is 10.6 Å². The van der Waals surface area contributed by atoms with Gasteiger partial charge in [0.2, 0.25) is 5.91 Å². The molecule has 9 heteroatoms. The third kappa shape index (κ3) is 4.31. The van der Waals surface area contributed by atoms with Crippen LogP contribution in [0.15, 0.2) is 64.5 Å². The normalized spacial score (nSPS) is 13.3. The standard InChI is InChI=1S/C23H20F3N3O2S/c24-23(25,26)14-3-1-4-15(13-14)32-20-7-10-28-22(18(20)9-12-30)29-11-8-16-17(21(27)31)5-2-6-19(16)29/h1-7,10,13,30H,8-9,11-12H2,(H2,27,31). The topological polar surface area (TPSA) is 79.5 Å². The maximum atomic E-state index is 13.1. The van der Waals surface area contributed by atoms with Crippen LogP contribution >= 0.6 is 11.8 Å². The molecule has 2 heterocycles. The van der Waals surface area contributed by atoms with Crippen molar-refractivity contribution in [2.75, 3.05) is 18.1 Å². The number of carbonyl (C=O) groups is 1. The molecule has 0 saturated heterocycles. The molecule has 4 rings (SSSR count). The maximum Gasteiger partial charge on any atom is 0.416 e. The summed E-state index contributed by atoms with van der Waals surface area (Å²) in [7, 11) is 0. The molecule has 3 aromatic rings. The van der Waals surface area contributed by atoms with Gasteiger partial charge in [-0.05, 0) is 48.4 Å². The summed E-state index contributed by atoms with van der Waals surface area (Å²) in [5.41, 5.74) is 7.64. The molecule has 32 heavy (non-hydrogen) atoms. The number of nitrogens with zero attached hydrogens (tertiary/aromatic N) is 2. The van der Waals surface area contributed by atoms with Gasteiger partial charge in [-0.2, -0.15) is 13.2 Å². The second-order valence-electron chi connectivity index (χ2n) is 7.28. The molecule has 0 unspecified atom stereocenters. The van der Waals surface area contributed by atoms with Crippen LogP contribution in [0.1, 0.15) is 27.0 Å². The zero-order valence-corrected chi connectivity index (χ0v) is 17.7. The van der Waals surface area contributed by atoms with Crippen molar-refractivity contribution in [3.8, 4) is 0 Å². The number of carbonyl (C=O) groups excluding carboxylic acids is 1. The predicted octanol–water partition coefficient (Wildman–Crippen LogP) is 4.58. The number of fused-ring (bicyclic) bond motifs is 1. The van der Waals surface area contributed by atoms with Crippen molar-refractivity contribution in [1.29, 1.82) is 0 Å². The first-order chi connectivity index (χ1) is 15.3. The third-order valence-corrected chi connectivity index (χ3v) is 6.38. The first kappa shape index (κ1) is 22.2. The lowest BCUT2D eigenvalue weighted by Gasteiger charge is -2.23. The Labute approximate surface area is 187 Å². The minimum absolute atomic E-state index is 0.142. The van der Waals surface area contributed by atoms with Crippen LogP contribution in [0.3, 0.4) is 0 Å². The zero-order chi connectivity index (χ0) is 22.9. The Morgan fingerprint density at radius 3 is 2.69 bits per heavy atom. The van der Waals surface area contributed by atoms with Gasteiger partial charge in [0.25, 0.3) is 0 Å². The third-order valence-electron chi connectivity index (χ3n) is 5.29. The minimum Gasteiger partial charge on any atom is -0.396 e. The number of amides is 1. The summed E-state index contributed by atoms with van der Waals surface area (Å²) in [6, 6.07) is 12.2. The molecule has 0 bridgehead atoms. The fourth-order valence-electron chi connectivity index (χ4n) is 3.89. The number of hydrogen-bond donors (Lipinski definition) is 2. The van der Waals surface area contributed by atoms with E-state index in [0.717, 1.165) is 28.9 Å². The van der Waals surface area contributed by atoms with E-state index in [1.807, 2.05) is 11.0 Å². The van der Waals surface area contributed by atoms with Crippen molar-refractivity contribution in [3.63, 3.8) is 0 Å². The molecule has 0 atom stereocenters. The fraction of sp³-hybridized carbons (Fsp3) is 0.217. The summed E-state index contributed by atoms with van der Waals surface area (Å²) in [5, 5.41) is 9.67. The number of pyridine rings is 1. The van der Waals surface area contributed by atoms with Crippen molar-refractivity contribution in [2.24, 2.45) is 5.73 Å². The van der Waals surface area contributed by atoms with Gasteiger partial charge in [0, 0.05) is 52.4 Å². The van der Waals surface area contributed by atoms with Crippen LogP contribution in [0.4, 0.5) is 24.7 Å². The summed E-state index contributed by atoms with van der Waals surface area (Å²) >= 11 is 1.19. The highest BCUT2D eigenvalue weighted by Gasteiger charge is 2.31. The van der Waals surface area contributed by atoms with Crippen LogP contribution in [0.2, 0.25) is 0 Å². The Kier molecular flexibility index (Phi) is 6.12. The van der Waals surface area contributed by atoms with Gasteiger partial charge in [-0.15, -0.1) is 0 Å². The first-order valence-corrected chi connectivity index (χ1v) is 10.7. The van der Waals surface area contributed by atoms with E-state index < -0.39 is 17.6 Å². The lowest BCUT2D eigenvalue weighted by Crippen LogP contribution is -2.18. The van der Waals surface area contributed by atoms with E-state index in [2.05, 4.69) is 4.98 Å². The van der Waals surface area contributed by atoms with Gasteiger partial charge in [0.1, 0.15) is 5.82 Å². The van der Waals surface area contributed by atoms with Crippen LogP contribution in [0.5, 0.6) is 0 Å². The van der Waals surface area contributed by atoms with Crippen molar-refractivity contribution < 1.29 is 23.1 Å². The molecule has 3 N–H and O–H groups in total. The Balaban J connectivity index is 1.74. The number of nitrogens with two attached hydrogens (primary N) is 1. The van der Waals surface area contributed by atoms with Gasteiger partial charge >= 0.3 is 6.18 Å². The lowest BCUT2D eigenvalue weighted by molar-refractivity contribution is -0.137. The van der Waals surface area contributed by atoms with Gasteiger partial charge in [-0.1, -0.05) is 23.9 Å². The molecule has 166 valence electrons. The van der Waals surface area contributed by atoms with E-state index in [1.54, 1.807) is 30.5 Å². The lowest BCUT2D eigenvalue weighted by atomic mass is 10.0. The summed E-state index contributed by atoms with van der Waals surface area (Å²) in [6.07, 6.45) is -1.93. The maximum absolute atomic E-state index is 13.1. The van der Waals surface area contributed by atoms with Crippen LogP contribution in [-0.4, -0.2) is 29.1 Å². The highest BCUT2D eigenvalue weighted by atomic mass is 32.2. The van der Waals surface area contributed by atoms with E-state index in [4.69, 9.17) is 5.73 Å². The molecule has 5 nitrogen and oxygen atoms in total. The molecule has 0 spiro atoms. The summed E-state index contributed by atoms with van der Waals surface area (Å²) < 4.78 is 39.3. The number of rotatable bonds is 6. The number of hydrogen-bond acceptors (Lipinski definition) is 5. The van der Waals surface area contributed by atoms with E-state index in [0.29, 0.717) is 34.1 Å². The summed E-state index contributed by atoms with van der Waals surface area (Å²) in [5.74, 6) is 0.109. The average Bonchev–Trinajstić information content (AvgIpc) is 3.18. The molecule has 1 amide bonds. The first-order valence-electron chi connectivity index (χ1n) is 9.92. The van der Waals surface area contributed by atoms with Crippen molar-refractivity contribution >= 4 is 29.2 Å². The van der Waals surface area contributed by atoms with E-state index in [-0.39, 0.29) is 13.0 Å². The van der Waals surface area contributed by atoms with E-state index in [9.17, 15) is 23.1 Å². The SMILES string of the molecule is NC(=O)c1cccc2c1CCN2c1nccc(Sc2cccc(C(F)(F)F)c2)c1CCO. The number of anilines is 2. The molecule has 0 radical (unpaired) electrons. The molecular weight excluding hydrogens is 439 g/mol. The molecule has 0 saturated carbocycles. The van der Waals surface area contributed by atoms with E-state index >= 15 is 0 Å². The van der Waals surface area contributed by atoms with Gasteiger partial charge < -0.3 is 15.7 Å². The minimum atomic E-state index is -4.43.